The molecule has 1 aromatic rings. The molecule has 0 fully saturated rings. The number of carbonyl (C=O) groups is 1. The number of thioether (sulfide) groups is 1. The molecule has 1 rings (SSSR count). The van der Waals surface area contributed by atoms with Gasteiger partial charge >= 0.3 is 0 Å². The number of ketones is 1. The van der Waals surface area contributed by atoms with Crippen molar-refractivity contribution in [3.8, 4) is 0 Å². The Morgan fingerprint density at radius 3 is 2.82 bits per heavy atom. The summed E-state index contributed by atoms with van der Waals surface area (Å²) in [5.74, 6) is 0.141. The van der Waals surface area contributed by atoms with E-state index < -0.39 is 5.82 Å². The number of benzene rings is 1. The number of Topliss-reactive ketones (excluding diaryl/α,β-unsaturated/α-hetero) is 1. The quantitative estimate of drug-likeness (QED) is 0.776. The largest absolute Gasteiger partial charge is 0.298 e. The van der Waals surface area contributed by atoms with Gasteiger partial charge < -0.3 is 0 Å². The van der Waals surface area contributed by atoms with Crippen LogP contribution in [0.1, 0.15) is 25.8 Å². The molecule has 0 N–H and O–H groups in total. The summed E-state index contributed by atoms with van der Waals surface area (Å²) in [5.41, 5.74) is 0.682. The molecule has 0 aromatic heterocycles. The van der Waals surface area contributed by atoms with Crippen molar-refractivity contribution in [2.45, 2.75) is 31.9 Å². The Hall–Kier alpha value is -0.540. The van der Waals surface area contributed by atoms with Crippen molar-refractivity contribution < 1.29 is 9.18 Å². The highest BCUT2D eigenvalue weighted by atomic mass is 35.5. The van der Waals surface area contributed by atoms with Crippen molar-refractivity contribution in [1.29, 1.82) is 0 Å². The van der Waals surface area contributed by atoms with Crippen molar-refractivity contribution in [2.75, 3.05) is 5.75 Å². The van der Waals surface area contributed by atoms with E-state index >= 15 is 0 Å². The first-order valence-electron chi connectivity index (χ1n) is 5.60. The van der Waals surface area contributed by atoms with Gasteiger partial charge in [-0.25, -0.2) is 4.39 Å². The molecule has 0 radical (unpaired) electrons. The van der Waals surface area contributed by atoms with Gasteiger partial charge in [0, 0.05) is 11.7 Å². The van der Waals surface area contributed by atoms with Crippen LogP contribution >= 0.6 is 23.4 Å². The molecular weight excluding hydrogens is 259 g/mol. The van der Waals surface area contributed by atoms with Crippen molar-refractivity contribution in [2.24, 2.45) is 0 Å². The van der Waals surface area contributed by atoms with E-state index in [-0.39, 0.29) is 17.2 Å². The first kappa shape index (κ1) is 14.5. The maximum atomic E-state index is 13.1. The maximum absolute atomic E-state index is 13.1. The lowest BCUT2D eigenvalue weighted by atomic mass is 10.1. The molecule has 94 valence electrons. The lowest BCUT2D eigenvalue weighted by molar-refractivity contribution is -0.116. The molecule has 0 amide bonds. The Balaban J connectivity index is 2.48. The van der Waals surface area contributed by atoms with E-state index in [0.717, 1.165) is 6.42 Å². The summed E-state index contributed by atoms with van der Waals surface area (Å²) < 4.78 is 13.1. The molecule has 1 atom stereocenters. The van der Waals surface area contributed by atoms with Crippen LogP contribution in [0.2, 0.25) is 5.02 Å². The second kappa shape index (κ2) is 7.02. The fraction of sp³-hybridized carbons (Fsp3) is 0.462. The van der Waals surface area contributed by atoms with Crippen molar-refractivity contribution in [1.82, 2.24) is 0 Å². The molecule has 17 heavy (non-hydrogen) atoms. The maximum Gasteiger partial charge on any atom is 0.147 e. The molecule has 0 spiro atoms. The monoisotopic (exact) mass is 274 g/mol. The topological polar surface area (TPSA) is 17.1 Å². The minimum Gasteiger partial charge on any atom is -0.298 e. The van der Waals surface area contributed by atoms with Gasteiger partial charge in [-0.2, -0.15) is 11.8 Å². The summed E-state index contributed by atoms with van der Waals surface area (Å²) in [4.78, 5) is 11.7. The van der Waals surface area contributed by atoms with E-state index in [1.807, 2.05) is 0 Å². The van der Waals surface area contributed by atoms with Gasteiger partial charge in [0.1, 0.15) is 11.6 Å². The minimum atomic E-state index is -0.466. The zero-order valence-corrected chi connectivity index (χ0v) is 11.6. The summed E-state index contributed by atoms with van der Waals surface area (Å²) in [6.45, 7) is 4.19. The second-order valence-electron chi connectivity index (χ2n) is 3.99. The molecule has 0 saturated heterocycles. The predicted octanol–water partition coefficient (Wildman–Crippen LogP) is 4.12. The number of halogens is 2. The Bertz CT molecular complexity index is 395. The van der Waals surface area contributed by atoms with Gasteiger partial charge in [-0.15, -0.1) is 0 Å². The summed E-state index contributed by atoms with van der Waals surface area (Å²) in [5, 5.41) is 0.580. The molecule has 1 unspecified atom stereocenters. The van der Waals surface area contributed by atoms with Gasteiger partial charge in [0.2, 0.25) is 0 Å². The van der Waals surface area contributed by atoms with E-state index in [1.165, 1.54) is 12.1 Å². The molecule has 4 heteroatoms. The third-order valence-electron chi connectivity index (χ3n) is 2.49. The molecule has 1 nitrogen and oxygen atoms in total. The van der Waals surface area contributed by atoms with Crippen LogP contribution in [0.4, 0.5) is 4.39 Å². The van der Waals surface area contributed by atoms with E-state index in [9.17, 15) is 9.18 Å². The Morgan fingerprint density at radius 2 is 2.24 bits per heavy atom. The number of hydrogen-bond acceptors (Lipinski definition) is 2. The molecule has 0 aliphatic carbocycles. The van der Waals surface area contributed by atoms with Crippen LogP contribution in [0.15, 0.2) is 18.2 Å². The predicted molar refractivity (Wildman–Crippen MR) is 72.3 cm³/mol. The number of carbonyl (C=O) groups excluding carboxylic acids is 1. The highest BCUT2D eigenvalue weighted by Crippen LogP contribution is 2.17. The van der Waals surface area contributed by atoms with Gasteiger partial charge in [-0.3, -0.25) is 4.79 Å². The number of hydrogen-bond donors (Lipinski definition) is 0. The van der Waals surface area contributed by atoms with E-state index in [2.05, 4.69) is 13.8 Å². The first-order chi connectivity index (χ1) is 8.02. The fourth-order valence-electron chi connectivity index (χ4n) is 1.28. The second-order valence-corrected chi connectivity index (χ2v) is 5.83. The third kappa shape index (κ3) is 5.09. The Kier molecular flexibility index (Phi) is 6.00. The van der Waals surface area contributed by atoms with Crippen LogP contribution in [0.25, 0.3) is 0 Å². The van der Waals surface area contributed by atoms with Gasteiger partial charge in [0.25, 0.3) is 0 Å². The summed E-state index contributed by atoms with van der Waals surface area (Å²) in [6.07, 6.45) is 1.32. The molecule has 0 heterocycles. The van der Waals surface area contributed by atoms with Crippen molar-refractivity contribution >= 4 is 29.1 Å². The molecule has 0 aliphatic heterocycles. The van der Waals surface area contributed by atoms with E-state index in [1.54, 1.807) is 17.8 Å². The SMILES string of the molecule is CCC(C)SCC(=O)Cc1ccc(Cl)c(F)c1. The van der Waals surface area contributed by atoms with Crippen LogP contribution in [0.5, 0.6) is 0 Å². The van der Waals surface area contributed by atoms with E-state index in [4.69, 9.17) is 11.6 Å². The lowest BCUT2D eigenvalue weighted by Gasteiger charge is -2.07. The minimum absolute atomic E-state index is 0.0928. The zero-order valence-electron chi connectivity index (χ0n) is 10.0. The summed E-state index contributed by atoms with van der Waals surface area (Å²) >= 11 is 7.22. The Morgan fingerprint density at radius 1 is 1.53 bits per heavy atom. The standard InChI is InChI=1S/C13H16ClFOS/c1-3-9(2)17-8-11(16)6-10-4-5-12(14)13(15)7-10/h4-5,7,9H,3,6,8H2,1-2H3. The van der Waals surface area contributed by atoms with Gasteiger partial charge in [0.05, 0.1) is 10.8 Å². The Labute approximate surface area is 111 Å². The van der Waals surface area contributed by atoms with Gasteiger partial charge in [-0.1, -0.05) is 31.5 Å². The fourth-order valence-corrected chi connectivity index (χ4v) is 2.21. The molecule has 1 aromatic carbocycles. The average Bonchev–Trinajstić information content (AvgIpc) is 2.31. The van der Waals surface area contributed by atoms with E-state index in [0.29, 0.717) is 16.6 Å². The van der Waals surface area contributed by atoms with Crippen molar-refractivity contribution in [3.05, 3.63) is 34.6 Å². The molecule has 0 saturated carbocycles. The van der Waals surface area contributed by atoms with Gasteiger partial charge in [0.15, 0.2) is 0 Å². The zero-order chi connectivity index (χ0) is 12.8. The van der Waals surface area contributed by atoms with Gasteiger partial charge in [-0.05, 0) is 24.1 Å². The van der Waals surface area contributed by atoms with Crippen LogP contribution in [-0.2, 0) is 11.2 Å². The first-order valence-corrected chi connectivity index (χ1v) is 7.02. The number of rotatable bonds is 6. The van der Waals surface area contributed by atoms with Crippen molar-refractivity contribution in [3.63, 3.8) is 0 Å². The van der Waals surface area contributed by atoms with Crippen LogP contribution in [0, 0.1) is 5.82 Å². The third-order valence-corrected chi connectivity index (χ3v) is 4.19. The lowest BCUT2D eigenvalue weighted by Crippen LogP contribution is -2.08. The highest BCUT2D eigenvalue weighted by Gasteiger charge is 2.08. The van der Waals surface area contributed by atoms with Crippen LogP contribution in [0.3, 0.4) is 0 Å². The smallest absolute Gasteiger partial charge is 0.147 e. The summed E-state index contributed by atoms with van der Waals surface area (Å²) in [7, 11) is 0. The molecule has 0 aliphatic rings. The average molecular weight is 275 g/mol. The molecular formula is C13H16ClFOS. The highest BCUT2D eigenvalue weighted by molar-refractivity contribution is 8.00. The summed E-state index contributed by atoms with van der Waals surface area (Å²) in [6, 6.07) is 4.51. The van der Waals surface area contributed by atoms with Crippen LogP contribution < -0.4 is 0 Å². The molecule has 0 bridgehead atoms. The normalized spacial score (nSPS) is 12.5. The van der Waals surface area contributed by atoms with Crippen LogP contribution in [-0.4, -0.2) is 16.8 Å².